The van der Waals surface area contributed by atoms with Crippen LogP contribution in [0.25, 0.3) is 0 Å². The lowest BCUT2D eigenvalue weighted by Gasteiger charge is -2.21. The van der Waals surface area contributed by atoms with E-state index in [-0.39, 0.29) is 25.7 Å². The molecule has 19 heteroatoms. The van der Waals surface area contributed by atoms with E-state index >= 15 is 0 Å². The molecule has 0 radical (unpaired) electrons. The number of ether oxygens (including phenoxy) is 4. The Morgan fingerprint density at radius 1 is 0.307 bits per heavy atom. The second-order valence-electron chi connectivity index (χ2n) is 25.4. The minimum absolute atomic E-state index is 0.101. The zero-order valence-electron chi connectivity index (χ0n) is 56.9. The molecule has 0 spiro atoms. The SMILES string of the molecule is CCCCCCCCCCCCCCCCCCCCCCC(=O)O[C@H](COC(=O)CCCCCCCCCCCCCCCC)COP(=O)(O)OC[C@@H](O)COP(=O)(O)OC[C@@H](COC(=O)CCCCCCC)OC(=O)CCCCCCCCC(C)C. The molecule has 0 aliphatic carbocycles. The number of aliphatic hydroxyl groups is 1. The van der Waals surface area contributed by atoms with Gasteiger partial charge in [-0.15, -0.1) is 0 Å². The van der Waals surface area contributed by atoms with Crippen LogP contribution >= 0.6 is 15.6 Å². The van der Waals surface area contributed by atoms with Crippen molar-refractivity contribution in [3.63, 3.8) is 0 Å². The molecule has 522 valence electrons. The highest BCUT2D eigenvalue weighted by Gasteiger charge is 2.30. The van der Waals surface area contributed by atoms with Gasteiger partial charge in [0, 0.05) is 25.7 Å². The molecule has 0 amide bonds. The zero-order chi connectivity index (χ0) is 64.9. The first kappa shape index (κ1) is 86.1. The van der Waals surface area contributed by atoms with E-state index < -0.39 is 97.5 Å². The van der Waals surface area contributed by atoms with Gasteiger partial charge in [0.05, 0.1) is 26.4 Å². The summed E-state index contributed by atoms with van der Waals surface area (Å²) in [6.07, 6.45) is 49.3. The third-order valence-electron chi connectivity index (χ3n) is 16.0. The summed E-state index contributed by atoms with van der Waals surface area (Å²) < 4.78 is 68.0. The summed E-state index contributed by atoms with van der Waals surface area (Å²) >= 11 is 0. The third kappa shape index (κ3) is 62.8. The van der Waals surface area contributed by atoms with Crippen LogP contribution < -0.4 is 0 Å². The lowest BCUT2D eigenvalue weighted by molar-refractivity contribution is -0.161. The normalized spacial score (nSPS) is 14.1. The number of carbonyl (C=O) groups excluding carboxylic acids is 4. The largest absolute Gasteiger partial charge is 0.472 e. The van der Waals surface area contributed by atoms with Gasteiger partial charge in [0.25, 0.3) is 0 Å². The Bertz CT molecular complexity index is 1700. The molecule has 0 saturated heterocycles. The molecular weight excluding hydrogens is 1160 g/mol. The highest BCUT2D eigenvalue weighted by molar-refractivity contribution is 7.47. The van der Waals surface area contributed by atoms with Crippen LogP contribution in [0.3, 0.4) is 0 Å². The Balaban J connectivity index is 5.12. The van der Waals surface area contributed by atoms with Gasteiger partial charge in [-0.05, 0) is 31.6 Å². The van der Waals surface area contributed by atoms with Crippen LogP contribution in [0.15, 0.2) is 0 Å². The van der Waals surface area contributed by atoms with E-state index in [0.29, 0.717) is 31.6 Å². The van der Waals surface area contributed by atoms with E-state index in [0.717, 1.165) is 96.3 Å². The van der Waals surface area contributed by atoms with E-state index in [1.165, 1.54) is 173 Å². The predicted octanol–water partition coefficient (Wildman–Crippen LogP) is 19.7. The molecule has 0 saturated carbocycles. The molecule has 5 atom stereocenters. The maximum Gasteiger partial charge on any atom is 0.472 e. The highest BCUT2D eigenvalue weighted by Crippen LogP contribution is 2.45. The molecule has 0 aliphatic heterocycles. The minimum Gasteiger partial charge on any atom is -0.462 e. The van der Waals surface area contributed by atoms with Crippen LogP contribution in [0.2, 0.25) is 0 Å². The monoisotopic (exact) mass is 1300 g/mol. The van der Waals surface area contributed by atoms with Crippen molar-refractivity contribution in [2.45, 2.75) is 374 Å². The van der Waals surface area contributed by atoms with Crippen molar-refractivity contribution >= 4 is 39.5 Å². The first-order chi connectivity index (χ1) is 42.5. The van der Waals surface area contributed by atoms with E-state index in [4.69, 9.17) is 37.0 Å². The smallest absolute Gasteiger partial charge is 0.462 e. The van der Waals surface area contributed by atoms with Gasteiger partial charge in [0.2, 0.25) is 0 Å². The van der Waals surface area contributed by atoms with E-state index in [1.807, 2.05) is 0 Å². The van der Waals surface area contributed by atoms with Gasteiger partial charge in [0.15, 0.2) is 12.2 Å². The molecule has 0 bridgehead atoms. The van der Waals surface area contributed by atoms with Gasteiger partial charge >= 0.3 is 39.5 Å². The first-order valence-electron chi connectivity index (χ1n) is 36.1. The highest BCUT2D eigenvalue weighted by atomic mass is 31.2. The summed E-state index contributed by atoms with van der Waals surface area (Å²) in [5.74, 6) is -1.47. The second-order valence-corrected chi connectivity index (χ2v) is 28.3. The lowest BCUT2D eigenvalue weighted by Crippen LogP contribution is -2.30. The fourth-order valence-electron chi connectivity index (χ4n) is 10.5. The summed E-state index contributed by atoms with van der Waals surface area (Å²) in [7, 11) is -9.88. The molecule has 0 aliphatic rings. The first-order valence-corrected chi connectivity index (χ1v) is 39.1. The summed E-state index contributed by atoms with van der Waals surface area (Å²) in [5, 5.41) is 10.5. The fourth-order valence-corrected chi connectivity index (χ4v) is 12.0. The molecule has 17 nitrogen and oxygen atoms in total. The van der Waals surface area contributed by atoms with Crippen LogP contribution in [0, 0.1) is 5.92 Å². The summed E-state index contributed by atoms with van der Waals surface area (Å²) in [6.45, 7) is 7.05. The molecular formula is C69H134O17P2. The summed E-state index contributed by atoms with van der Waals surface area (Å²) in [4.78, 5) is 72.1. The number of unbranched alkanes of at least 4 members (excludes halogenated alkanes) is 41. The van der Waals surface area contributed by atoms with Crippen LogP contribution in [-0.2, 0) is 65.4 Å². The average Bonchev–Trinajstić information content (AvgIpc) is 3.54. The van der Waals surface area contributed by atoms with Crippen molar-refractivity contribution in [2.24, 2.45) is 5.92 Å². The molecule has 0 heterocycles. The number of phosphoric ester groups is 2. The van der Waals surface area contributed by atoms with Crippen molar-refractivity contribution in [3.8, 4) is 0 Å². The molecule has 0 rings (SSSR count). The molecule has 88 heavy (non-hydrogen) atoms. The standard InChI is InChI=1S/C69H134O17P2/c1-6-9-12-15-17-19-21-23-25-26-27-28-29-30-32-34-36-38-44-49-54-68(73)85-65(59-80-67(72)53-48-43-37-35-33-31-24-22-20-18-16-13-10-7-2)61-84-88(77,78)82-57-63(70)56-81-87(75,76)83-60-64(58-79-66(71)52-47-41-14-11-8-3)86-69(74)55-50-45-40-39-42-46-51-62(4)5/h62-65,70H,6-61H2,1-5H3,(H,75,76)(H,77,78)/t63-,64+,65+/m0/s1. The Morgan fingerprint density at radius 2 is 0.523 bits per heavy atom. The number of esters is 4. The Morgan fingerprint density at radius 3 is 0.773 bits per heavy atom. The van der Waals surface area contributed by atoms with E-state index in [2.05, 4.69) is 34.6 Å². The summed E-state index contributed by atoms with van der Waals surface area (Å²) in [6, 6.07) is 0. The topological polar surface area (TPSA) is 237 Å². The number of rotatable bonds is 69. The van der Waals surface area contributed by atoms with Gasteiger partial charge in [-0.2, -0.15) is 0 Å². The van der Waals surface area contributed by atoms with Crippen molar-refractivity contribution in [2.75, 3.05) is 39.6 Å². The van der Waals surface area contributed by atoms with Crippen LogP contribution in [-0.4, -0.2) is 96.7 Å². The van der Waals surface area contributed by atoms with Crippen LogP contribution in [0.1, 0.15) is 356 Å². The van der Waals surface area contributed by atoms with Crippen LogP contribution in [0.4, 0.5) is 0 Å². The Kier molecular flexibility index (Phi) is 61.1. The van der Waals surface area contributed by atoms with Gasteiger partial charge < -0.3 is 33.8 Å². The molecule has 2 unspecified atom stereocenters. The van der Waals surface area contributed by atoms with Gasteiger partial charge in [-0.25, -0.2) is 9.13 Å². The average molecular weight is 1300 g/mol. The molecule has 0 fully saturated rings. The number of carbonyl (C=O) groups is 4. The quantitative estimate of drug-likeness (QED) is 0.0222. The Labute approximate surface area is 537 Å². The number of hydrogen-bond acceptors (Lipinski definition) is 15. The minimum atomic E-state index is -4.95. The number of hydrogen-bond donors (Lipinski definition) is 3. The number of aliphatic hydroxyl groups excluding tert-OH is 1. The zero-order valence-corrected chi connectivity index (χ0v) is 58.6. The lowest BCUT2D eigenvalue weighted by atomic mass is 10.0. The maximum absolute atomic E-state index is 13.0. The van der Waals surface area contributed by atoms with Crippen LogP contribution in [0.5, 0.6) is 0 Å². The second kappa shape index (κ2) is 62.5. The van der Waals surface area contributed by atoms with Crippen molar-refractivity contribution in [1.82, 2.24) is 0 Å². The van der Waals surface area contributed by atoms with Gasteiger partial charge in [0.1, 0.15) is 19.3 Å². The molecule has 0 aromatic carbocycles. The molecule has 0 aromatic heterocycles. The van der Waals surface area contributed by atoms with Crippen molar-refractivity contribution in [1.29, 1.82) is 0 Å². The molecule has 3 N–H and O–H groups in total. The van der Waals surface area contributed by atoms with Gasteiger partial charge in [-0.1, -0.05) is 304 Å². The third-order valence-corrected chi connectivity index (χ3v) is 17.9. The fraction of sp³-hybridized carbons (Fsp3) is 0.942. The van der Waals surface area contributed by atoms with Crippen molar-refractivity contribution < 1.29 is 80.2 Å². The molecule has 0 aromatic rings. The van der Waals surface area contributed by atoms with Gasteiger partial charge in [-0.3, -0.25) is 37.3 Å². The number of phosphoric acid groups is 2. The van der Waals surface area contributed by atoms with E-state index in [1.54, 1.807) is 0 Å². The maximum atomic E-state index is 13.0. The van der Waals surface area contributed by atoms with Crippen molar-refractivity contribution in [3.05, 3.63) is 0 Å². The Hall–Kier alpha value is -1.94. The van der Waals surface area contributed by atoms with E-state index in [9.17, 15) is 43.2 Å². The summed E-state index contributed by atoms with van der Waals surface area (Å²) in [5.41, 5.74) is 0. The predicted molar refractivity (Wildman–Crippen MR) is 354 cm³/mol.